The predicted octanol–water partition coefficient (Wildman–Crippen LogP) is 4.69. The van der Waals surface area contributed by atoms with E-state index in [2.05, 4.69) is 0 Å². The first-order valence-electron chi connectivity index (χ1n) is 8.42. The Hall–Kier alpha value is -1.79. The van der Waals surface area contributed by atoms with Gasteiger partial charge < -0.3 is 4.74 Å². The van der Waals surface area contributed by atoms with Gasteiger partial charge >= 0.3 is 6.09 Å². The van der Waals surface area contributed by atoms with Gasteiger partial charge in [0, 0.05) is 11.6 Å². The number of ether oxygens (including phenoxy) is 1. The SMILES string of the molecule is CC(C)(C)OC(=O)N1CCC[C@@H]1C(=N)N(Cc1ccc(Cl)cc1)C(=N)Cl. The highest BCUT2D eigenvalue weighted by Crippen LogP contribution is 2.24. The van der Waals surface area contributed by atoms with Crippen molar-refractivity contribution in [2.45, 2.75) is 51.8 Å². The lowest BCUT2D eigenvalue weighted by atomic mass is 10.1. The molecule has 0 bridgehead atoms. The van der Waals surface area contributed by atoms with Gasteiger partial charge in [-0.05, 0) is 62.9 Å². The molecule has 1 aromatic carbocycles. The fourth-order valence-electron chi connectivity index (χ4n) is 2.80. The average molecular weight is 399 g/mol. The molecule has 0 aliphatic carbocycles. The maximum Gasteiger partial charge on any atom is 0.410 e. The van der Waals surface area contributed by atoms with Crippen LogP contribution in [0.4, 0.5) is 4.79 Å². The number of hydrogen-bond acceptors (Lipinski definition) is 4. The number of benzene rings is 1. The summed E-state index contributed by atoms with van der Waals surface area (Å²) in [7, 11) is 0. The smallest absolute Gasteiger partial charge is 0.410 e. The van der Waals surface area contributed by atoms with Crippen molar-refractivity contribution in [2.24, 2.45) is 0 Å². The summed E-state index contributed by atoms with van der Waals surface area (Å²) in [6.07, 6.45) is 0.966. The monoisotopic (exact) mass is 398 g/mol. The molecule has 8 heteroatoms. The average Bonchev–Trinajstić information content (AvgIpc) is 3.01. The molecule has 0 unspecified atom stereocenters. The molecule has 2 N–H and O–H groups in total. The van der Waals surface area contributed by atoms with E-state index in [1.165, 1.54) is 4.90 Å². The number of rotatable bonds is 3. The van der Waals surface area contributed by atoms with Crippen LogP contribution < -0.4 is 0 Å². The van der Waals surface area contributed by atoms with Crippen LogP contribution in [0.5, 0.6) is 0 Å². The summed E-state index contributed by atoms with van der Waals surface area (Å²) in [5.41, 5.74) is 0.264. The normalized spacial score (nSPS) is 17.1. The Labute approximate surface area is 164 Å². The van der Waals surface area contributed by atoms with E-state index in [0.717, 1.165) is 12.0 Å². The van der Waals surface area contributed by atoms with E-state index in [1.54, 1.807) is 17.0 Å². The molecular weight excluding hydrogens is 375 g/mol. The van der Waals surface area contributed by atoms with Gasteiger partial charge in [-0.2, -0.15) is 0 Å². The van der Waals surface area contributed by atoms with E-state index >= 15 is 0 Å². The number of halogens is 2. The lowest BCUT2D eigenvalue weighted by Gasteiger charge is -2.32. The molecule has 26 heavy (non-hydrogen) atoms. The van der Waals surface area contributed by atoms with Gasteiger partial charge in [0.1, 0.15) is 11.4 Å². The van der Waals surface area contributed by atoms with Crippen LogP contribution in [0.25, 0.3) is 0 Å². The Morgan fingerprint density at radius 3 is 2.46 bits per heavy atom. The zero-order chi connectivity index (χ0) is 19.5. The van der Waals surface area contributed by atoms with Gasteiger partial charge in [-0.1, -0.05) is 23.7 Å². The zero-order valence-electron chi connectivity index (χ0n) is 15.2. The van der Waals surface area contributed by atoms with Crippen molar-refractivity contribution >= 4 is 40.4 Å². The Kier molecular flexibility index (Phi) is 6.53. The summed E-state index contributed by atoms with van der Waals surface area (Å²) in [4.78, 5) is 15.4. The Balaban J connectivity index is 2.15. The molecule has 1 aromatic rings. The van der Waals surface area contributed by atoms with Gasteiger partial charge in [-0.25, -0.2) is 4.79 Å². The first kappa shape index (κ1) is 20.5. The van der Waals surface area contributed by atoms with Gasteiger partial charge in [0.05, 0.1) is 12.6 Å². The first-order chi connectivity index (χ1) is 12.1. The quantitative estimate of drug-likeness (QED) is 0.440. The van der Waals surface area contributed by atoms with Gasteiger partial charge in [-0.3, -0.25) is 20.6 Å². The number of carbonyl (C=O) groups excluding carboxylic acids is 1. The fraction of sp³-hybridized carbons (Fsp3) is 0.500. The van der Waals surface area contributed by atoms with E-state index in [4.69, 9.17) is 38.8 Å². The standard InChI is InChI=1S/C18H24Cl2N4O2/c1-18(2,3)26-17(25)23-10-4-5-14(23)15(21)24(16(20)22)11-12-6-8-13(19)9-7-12/h6-9,14,21-22H,4-5,10-11H2,1-3H3/t14-/m1/s1. The van der Waals surface area contributed by atoms with Crippen LogP contribution in [0.3, 0.4) is 0 Å². The van der Waals surface area contributed by atoms with Crippen molar-refractivity contribution in [3.63, 3.8) is 0 Å². The number of nitrogens with zero attached hydrogens (tertiary/aromatic N) is 2. The molecule has 1 heterocycles. The predicted molar refractivity (Wildman–Crippen MR) is 104 cm³/mol. The van der Waals surface area contributed by atoms with Crippen LogP contribution in [0.2, 0.25) is 5.02 Å². The highest BCUT2D eigenvalue weighted by molar-refractivity contribution is 6.64. The van der Waals surface area contributed by atoms with Crippen LogP contribution in [0, 0.1) is 10.8 Å². The topological polar surface area (TPSA) is 80.5 Å². The number of nitrogens with one attached hydrogen (secondary N) is 2. The van der Waals surface area contributed by atoms with Gasteiger partial charge in [0.25, 0.3) is 0 Å². The van der Waals surface area contributed by atoms with Crippen molar-refractivity contribution in [1.29, 1.82) is 10.8 Å². The molecule has 6 nitrogen and oxygen atoms in total. The van der Waals surface area contributed by atoms with E-state index in [-0.39, 0.29) is 17.7 Å². The summed E-state index contributed by atoms with van der Waals surface area (Å²) in [6.45, 7) is 6.21. The zero-order valence-corrected chi connectivity index (χ0v) is 16.7. The van der Waals surface area contributed by atoms with Crippen LogP contribution in [-0.2, 0) is 11.3 Å². The highest BCUT2D eigenvalue weighted by Gasteiger charge is 2.37. The molecule has 0 spiro atoms. The molecular formula is C18H24Cl2N4O2. The Morgan fingerprint density at radius 2 is 1.92 bits per heavy atom. The molecule has 1 fully saturated rings. The largest absolute Gasteiger partial charge is 0.444 e. The number of likely N-dealkylation sites (tertiary alicyclic amines) is 1. The van der Waals surface area contributed by atoms with Gasteiger partial charge in [0.2, 0.25) is 0 Å². The van der Waals surface area contributed by atoms with Gasteiger partial charge in [-0.15, -0.1) is 0 Å². The molecule has 142 valence electrons. The lowest BCUT2D eigenvalue weighted by molar-refractivity contribution is 0.0261. The second-order valence-corrected chi connectivity index (χ2v) is 8.01. The number of carbonyl (C=O) groups is 1. The van der Waals surface area contributed by atoms with Gasteiger partial charge in [0.15, 0.2) is 5.29 Å². The Morgan fingerprint density at radius 1 is 1.31 bits per heavy atom. The van der Waals surface area contributed by atoms with E-state index in [9.17, 15) is 4.79 Å². The third-order valence-corrected chi connectivity index (χ3v) is 4.43. The third-order valence-electron chi connectivity index (χ3n) is 3.98. The Bertz CT molecular complexity index is 685. The third kappa shape index (κ3) is 5.35. The van der Waals surface area contributed by atoms with Crippen LogP contribution in [0.15, 0.2) is 24.3 Å². The minimum absolute atomic E-state index is 0.114. The molecule has 0 saturated carbocycles. The fourth-order valence-corrected chi connectivity index (χ4v) is 3.08. The molecule has 0 aromatic heterocycles. The maximum absolute atomic E-state index is 12.5. The molecule has 1 atom stereocenters. The summed E-state index contributed by atoms with van der Waals surface area (Å²) in [6, 6.07) is 6.68. The highest BCUT2D eigenvalue weighted by atomic mass is 35.5. The van der Waals surface area contributed by atoms with Crippen molar-refractivity contribution in [2.75, 3.05) is 6.54 Å². The molecule has 1 aliphatic heterocycles. The number of amides is 1. The molecule has 2 rings (SSSR count). The lowest BCUT2D eigenvalue weighted by Crippen LogP contribution is -2.49. The maximum atomic E-state index is 12.5. The van der Waals surface area contributed by atoms with Crippen molar-refractivity contribution < 1.29 is 9.53 Å². The number of hydrogen-bond donors (Lipinski definition) is 2. The first-order valence-corrected chi connectivity index (χ1v) is 9.18. The van der Waals surface area contributed by atoms with Crippen LogP contribution >= 0.6 is 23.2 Å². The number of amidine groups is 2. The van der Waals surface area contributed by atoms with E-state index in [0.29, 0.717) is 18.0 Å². The van der Waals surface area contributed by atoms with Crippen molar-refractivity contribution in [3.05, 3.63) is 34.9 Å². The van der Waals surface area contributed by atoms with Crippen molar-refractivity contribution in [1.82, 2.24) is 9.80 Å². The summed E-state index contributed by atoms with van der Waals surface area (Å²) in [5.74, 6) is 0.114. The van der Waals surface area contributed by atoms with Crippen molar-refractivity contribution in [3.8, 4) is 0 Å². The van der Waals surface area contributed by atoms with E-state index < -0.39 is 17.7 Å². The van der Waals surface area contributed by atoms with E-state index in [1.807, 2.05) is 32.9 Å². The molecule has 1 amide bonds. The minimum atomic E-state index is -0.603. The van der Waals surface area contributed by atoms with Crippen LogP contribution in [0.1, 0.15) is 39.2 Å². The second-order valence-electron chi connectivity index (χ2n) is 7.22. The second kappa shape index (κ2) is 8.27. The summed E-state index contributed by atoms with van der Waals surface area (Å²) >= 11 is 11.8. The molecule has 1 saturated heterocycles. The van der Waals surface area contributed by atoms with Crippen LogP contribution in [-0.4, -0.2) is 45.2 Å². The molecule has 0 radical (unpaired) electrons. The molecule has 1 aliphatic rings. The summed E-state index contributed by atoms with van der Waals surface area (Å²) in [5, 5.41) is 16.7. The summed E-state index contributed by atoms with van der Waals surface area (Å²) < 4.78 is 5.44. The minimum Gasteiger partial charge on any atom is -0.444 e.